The minimum atomic E-state index is -3.47. The summed E-state index contributed by atoms with van der Waals surface area (Å²) < 4.78 is 32.4. The van der Waals surface area contributed by atoms with Gasteiger partial charge in [0.1, 0.15) is 5.75 Å². The van der Waals surface area contributed by atoms with Gasteiger partial charge in [0.2, 0.25) is 10.0 Å². The zero-order valence-corrected chi connectivity index (χ0v) is 13.2. The molecule has 6 nitrogen and oxygen atoms in total. The Morgan fingerprint density at radius 3 is 2.81 bits per heavy atom. The largest absolute Gasteiger partial charge is 0.494 e. The van der Waals surface area contributed by atoms with E-state index in [0.717, 1.165) is 32.7 Å². The fourth-order valence-corrected chi connectivity index (χ4v) is 3.31. The molecule has 1 heterocycles. The van der Waals surface area contributed by atoms with Crippen LogP contribution in [0.15, 0.2) is 29.2 Å². The SMILES string of the molecule is CCOc1cccc(S(=O)(=O)NCCN2CCNCC2)c1. The maximum atomic E-state index is 12.2. The molecule has 2 rings (SSSR count). The molecular weight excluding hydrogens is 290 g/mol. The molecule has 1 aliphatic rings. The zero-order valence-electron chi connectivity index (χ0n) is 12.3. The number of benzene rings is 1. The van der Waals surface area contributed by atoms with Gasteiger partial charge in [-0.3, -0.25) is 4.90 Å². The lowest BCUT2D eigenvalue weighted by Gasteiger charge is -2.27. The highest BCUT2D eigenvalue weighted by Gasteiger charge is 2.15. The van der Waals surface area contributed by atoms with Gasteiger partial charge >= 0.3 is 0 Å². The molecule has 7 heteroatoms. The van der Waals surface area contributed by atoms with Gasteiger partial charge in [-0.1, -0.05) is 6.07 Å². The summed E-state index contributed by atoms with van der Waals surface area (Å²) in [4.78, 5) is 2.49. The summed E-state index contributed by atoms with van der Waals surface area (Å²) in [5.41, 5.74) is 0. The highest BCUT2D eigenvalue weighted by Crippen LogP contribution is 2.17. The molecule has 0 aromatic heterocycles. The predicted molar refractivity (Wildman–Crippen MR) is 82.1 cm³/mol. The summed E-state index contributed by atoms with van der Waals surface area (Å²) in [6, 6.07) is 6.57. The Hall–Kier alpha value is -1.15. The van der Waals surface area contributed by atoms with Crippen molar-refractivity contribution in [3.8, 4) is 5.75 Å². The van der Waals surface area contributed by atoms with Gasteiger partial charge in [-0.2, -0.15) is 0 Å². The lowest BCUT2D eigenvalue weighted by Crippen LogP contribution is -2.46. The van der Waals surface area contributed by atoms with Crippen molar-refractivity contribution in [1.82, 2.24) is 14.9 Å². The molecule has 1 aromatic carbocycles. The van der Waals surface area contributed by atoms with Crippen LogP contribution in [0.5, 0.6) is 5.75 Å². The van der Waals surface area contributed by atoms with Crippen LogP contribution in [0.4, 0.5) is 0 Å². The summed E-state index contributed by atoms with van der Waals surface area (Å²) in [7, 11) is -3.47. The second kappa shape index (κ2) is 7.74. The molecule has 0 bridgehead atoms. The number of piperazine rings is 1. The Morgan fingerprint density at radius 2 is 2.10 bits per heavy atom. The Balaban J connectivity index is 1.90. The third-order valence-corrected chi connectivity index (χ3v) is 4.82. The number of hydrogen-bond donors (Lipinski definition) is 2. The molecule has 21 heavy (non-hydrogen) atoms. The van der Waals surface area contributed by atoms with Crippen LogP contribution in [0.25, 0.3) is 0 Å². The first kappa shape index (κ1) is 16.2. The Bertz CT molecular complexity index is 542. The van der Waals surface area contributed by atoms with E-state index < -0.39 is 10.0 Å². The Morgan fingerprint density at radius 1 is 1.33 bits per heavy atom. The van der Waals surface area contributed by atoms with Crippen LogP contribution in [0.1, 0.15) is 6.92 Å². The van der Waals surface area contributed by atoms with Crippen molar-refractivity contribution in [3.63, 3.8) is 0 Å². The number of ether oxygens (including phenoxy) is 1. The molecule has 0 amide bonds. The van der Waals surface area contributed by atoms with Crippen LogP contribution in [-0.2, 0) is 10.0 Å². The normalized spacial score (nSPS) is 16.8. The molecule has 0 spiro atoms. The first-order valence-corrected chi connectivity index (χ1v) is 8.76. The van der Waals surface area contributed by atoms with E-state index in [9.17, 15) is 8.42 Å². The third kappa shape index (κ3) is 4.96. The Labute approximate surface area is 126 Å². The molecule has 0 radical (unpaired) electrons. The van der Waals surface area contributed by atoms with Gasteiger partial charge in [-0.25, -0.2) is 13.1 Å². The minimum absolute atomic E-state index is 0.244. The maximum Gasteiger partial charge on any atom is 0.240 e. The standard InChI is InChI=1S/C14H23N3O3S/c1-2-20-13-4-3-5-14(12-13)21(18,19)16-8-11-17-9-6-15-7-10-17/h3-5,12,15-16H,2,6-11H2,1H3. The fourth-order valence-electron chi connectivity index (χ4n) is 2.25. The predicted octanol–water partition coefficient (Wildman–Crippen LogP) is 0.269. The average molecular weight is 313 g/mol. The highest BCUT2D eigenvalue weighted by molar-refractivity contribution is 7.89. The molecule has 0 aliphatic carbocycles. The lowest BCUT2D eigenvalue weighted by molar-refractivity contribution is 0.245. The minimum Gasteiger partial charge on any atom is -0.494 e. The van der Waals surface area contributed by atoms with Crippen molar-refractivity contribution < 1.29 is 13.2 Å². The molecule has 0 unspecified atom stereocenters. The number of sulfonamides is 1. The molecular formula is C14H23N3O3S. The first-order valence-electron chi connectivity index (χ1n) is 7.27. The van der Waals surface area contributed by atoms with E-state index in [1.807, 2.05) is 6.92 Å². The monoisotopic (exact) mass is 313 g/mol. The Kier molecular flexibility index (Phi) is 5.98. The van der Waals surface area contributed by atoms with Crippen LogP contribution in [0.2, 0.25) is 0 Å². The maximum absolute atomic E-state index is 12.2. The van der Waals surface area contributed by atoms with Crippen LogP contribution < -0.4 is 14.8 Å². The molecule has 1 aromatic rings. The fraction of sp³-hybridized carbons (Fsp3) is 0.571. The van der Waals surface area contributed by atoms with Gasteiger partial charge in [0.05, 0.1) is 11.5 Å². The van der Waals surface area contributed by atoms with Crippen LogP contribution in [0, 0.1) is 0 Å². The number of nitrogens with one attached hydrogen (secondary N) is 2. The summed E-state index contributed by atoms with van der Waals surface area (Å²) in [6.45, 7) is 7.37. The van der Waals surface area contributed by atoms with E-state index in [1.165, 1.54) is 0 Å². The molecule has 1 aliphatic heterocycles. The smallest absolute Gasteiger partial charge is 0.240 e. The highest BCUT2D eigenvalue weighted by atomic mass is 32.2. The third-order valence-electron chi connectivity index (χ3n) is 3.36. The van der Waals surface area contributed by atoms with Gasteiger partial charge in [0, 0.05) is 45.3 Å². The van der Waals surface area contributed by atoms with E-state index in [0.29, 0.717) is 18.9 Å². The van der Waals surface area contributed by atoms with Gasteiger partial charge in [-0.15, -0.1) is 0 Å². The van der Waals surface area contributed by atoms with Crippen molar-refractivity contribution in [2.24, 2.45) is 0 Å². The van der Waals surface area contributed by atoms with Gasteiger partial charge in [0.25, 0.3) is 0 Å². The number of rotatable bonds is 7. The van der Waals surface area contributed by atoms with Gasteiger partial charge in [-0.05, 0) is 19.1 Å². The number of hydrogen-bond acceptors (Lipinski definition) is 5. The summed E-state index contributed by atoms with van der Waals surface area (Å²) in [6.07, 6.45) is 0. The van der Waals surface area contributed by atoms with E-state index in [4.69, 9.17) is 4.74 Å². The van der Waals surface area contributed by atoms with E-state index in [2.05, 4.69) is 14.9 Å². The van der Waals surface area contributed by atoms with Gasteiger partial charge in [0.15, 0.2) is 0 Å². The topological polar surface area (TPSA) is 70.7 Å². The summed E-state index contributed by atoms with van der Waals surface area (Å²) in [5.74, 6) is 0.572. The lowest BCUT2D eigenvalue weighted by atomic mass is 10.3. The average Bonchev–Trinajstić information content (AvgIpc) is 2.49. The van der Waals surface area contributed by atoms with Crippen molar-refractivity contribution in [2.45, 2.75) is 11.8 Å². The molecule has 1 fully saturated rings. The van der Waals surface area contributed by atoms with Crippen molar-refractivity contribution >= 4 is 10.0 Å². The summed E-state index contributed by atoms with van der Waals surface area (Å²) >= 11 is 0. The quantitative estimate of drug-likeness (QED) is 0.756. The van der Waals surface area contributed by atoms with Crippen molar-refractivity contribution in [2.75, 3.05) is 45.9 Å². The summed E-state index contributed by atoms with van der Waals surface area (Å²) in [5, 5.41) is 3.27. The molecule has 1 saturated heterocycles. The molecule has 0 atom stereocenters. The van der Waals surface area contributed by atoms with Crippen LogP contribution >= 0.6 is 0 Å². The number of nitrogens with zero attached hydrogens (tertiary/aromatic N) is 1. The van der Waals surface area contributed by atoms with Crippen LogP contribution in [0.3, 0.4) is 0 Å². The van der Waals surface area contributed by atoms with Crippen molar-refractivity contribution in [1.29, 1.82) is 0 Å². The second-order valence-electron chi connectivity index (χ2n) is 4.90. The van der Waals surface area contributed by atoms with E-state index in [-0.39, 0.29) is 4.90 Å². The van der Waals surface area contributed by atoms with Gasteiger partial charge < -0.3 is 10.1 Å². The second-order valence-corrected chi connectivity index (χ2v) is 6.66. The van der Waals surface area contributed by atoms with E-state index in [1.54, 1.807) is 24.3 Å². The molecule has 2 N–H and O–H groups in total. The molecule has 118 valence electrons. The molecule has 0 saturated carbocycles. The zero-order chi connectivity index (χ0) is 15.1. The van der Waals surface area contributed by atoms with Crippen molar-refractivity contribution in [3.05, 3.63) is 24.3 Å². The van der Waals surface area contributed by atoms with E-state index >= 15 is 0 Å². The first-order chi connectivity index (χ1) is 10.1. The van der Waals surface area contributed by atoms with Crippen LogP contribution in [-0.4, -0.2) is 59.2 Å².